The van der Waals surface area contributed by atoms with Gasteiger partial charge in [-0.25, -0.2) is 0 Å². The van der Waals surface area contributed by atoms with E-state index in [2.05, 4.69) is 10.6 Å². The minimum atomic E-state index is -0.109. The molecule has 0 spiro atoms. The van der Waals surface area contributed by atoms with E-state index in [0.29, 0.717) is 17.9 Å². The van der Waals surface area contributed by atoms with Gasteiger partial charge >= 0.3 is 0 Å². The van der Waals surface area contributed by atoms with E-state index < -0.39 is 0 Å². The number of rotatable bonds is 6. The normalized spacial score (nSPS) is 16.3. The van der Waals surface area contributed by atoms with E-state index >= 15 is 0 Å². The zero-order valence-corrected chi connectivity index (χ0v) is 14.3. The lowest BCUT2D eigenvalue weighted by Gasteiger charge is -2.13. The second-order valence-corrected chi connectivity index (χ2v) is 5.65. The molecule has 1 aromatic carbocycles. The molecule has 0 radical (unpaired) electrons. The molecule has 1 unspecified atom stereocenters. The van der Waals surface area contributed by atoms with Gasteiger partial charge in [-0.15, -0.1) is 12.4 Å². The van der Waals surface area contributed by atoms with Gasteiger partial charge in [0.1, 0.15) is 5.75 Å². The number of hydrogen-bond donors (Lipinski definition) is 2. The van der Waals surface area contributed by atoms with Gasteiger partial charge in [0.15, 0.2) is 6.61 Å². The standard InChI is InChI=1S/C16H23N3O3.ClH/c1-19(2)16(21)11-22-14-7-3-5-13(9-14)18-15(20)10-12-6-4-8-17-12;/h3,5,7,9,12,17H,4,6,8,10-11H2,1-2H3,(H,18,20);1H. The van der Waals surface area contributed by atoms with E-state index in [1.54, 1.807) is 38.4 Å². The first-order chi connectivity index (χ1) is 10.5. The summed E-state index contributed by atoms with van der Waals surface area (Å²) in [5.74, 6) is 0.439. The number of nitrogens with zero attached hydrogens (tertiary/aromatic N) is 1. The Morgan fingerprint density at radius 2 is 2.17 bits per heavy atom. The molecule has 0 aromatic heterocycles. The van der Waals surface area contributed by atoms with E-state index in [9.17, 15) is 9.59 Å². The first kappa shape index (κ1) is 19.3. The Kier molecular flexibility index (Phi) is 7.85. The van der Waals surface area contributed by atoms with Crippen molar-refractivity contribution in [3.8, 4) is 5.75 Å². The lowest BCUT2D eigenvalue weighted by molar-refractivity contribution is -0.130. The molecule has 0 saturated carbocycles. The number of hydrogen-bond acceptors (Lipinski definition) is 4. The Hall–Kier alpha value is -1.79. The zero-order chi connectivity index (χ0) is 15.9. The predicted octanol–water partition coefficient (Wildman–Crippen LogP) is 1.66. The average Bonchev–Trinajstić information content (AvgIpc) is 2.97. The van der Waals surface area contributed by atoms with Crippen molar-refractivity contribution in [1.29, 1.82) is 0 Å². The van der Waals surface area contributed by atoms with Crippen molar-refractivity contribution < 1.29 is 14.3 Å². The molecule has 1 aliphatic heterocycles. The number of carbonyl (C=O) groups excluding carboxylic acids is 2. The van der Waals surface area contributed by atoms with Gasteiger partial charge in [0, 0.05) is 38.3 Å². The molecule has 0 bridgehead atoms. The van der Waals surface area contributed by atoms with Crippen LogP contribution in [0.3, 0.4) is 0 Å². The SMILES string of the molecule is CN(C)C(=O)COc1cccc(NC(=O)CC2CCCN2)c1.Cl. The highest BCUT2D eigenvalue weighted by Crippen LogP contribution is 2.18. The third-order valence-electron chi connectivity index (χ3n) is 3.57. The maximum Gasteiger partial charge on any atom is 0.259 e. The van der Waals surface area contributed by atoms with E-state index in [1.807, 2.05) is 0 Å². The quantitative estimate of drug-likeness (QED) is 0.825. The van der Waals surface area contributed by atoms with Gasteiger partial charge in [-0.3, -0.25) is 9.59 Å². The molecule has 1 aliphatic rings. The molecule has 128 valence electrons. The lowest BCUT2D eigenvalue weighted by atomic mass is 10.1. The van der Waals surface area contributed by atoms with Crippen molar-refractivity contribution in [3.05, 3.63) is 24.3 Å². The summed E-state index contributed by atoms with van der Waals surface area (Å²) in [5, 5.41) is 6.17. The third kappa shape index (κ3) is 6.46. The fraction of sp³-hybridized carbons (Fsp3) is 0.500. The maximum absolute atomic E-state index is 12.0. The average molecular weight is 342 g/mol. The Bertz CT molecular complexity index is 531. The number of anilines is 1. The van der Waals surface area contributed by atoms with Gasteiger partial charge in [0.2, 0.25) is 5.91 Å². The number of amides is 2. The minimum Gasteiger partial charge on any atom is -0.484 e. The first-order valence-corrected chi connectivity index (χ1v) is 7.51. The number of carbonyl (C=O) groups is 2. The summed E-state index contributed by atoms with van der Waals surface area (Å²) in [6, 6.07) is 7.36. The van der Waals surface area contributed by atoms with Crippen LogP contribution in [0.1, 0.15) is 19.3 Å². The topological polar surface area (TPSA) is 70.7 Å². The van der Waals surface area contributed by atoms with Crippen LogP contribution in [0.25, 0.3) is 0 Å². The Morgan fingerprint density at radius 1 is 1.39 bits per heavy atom. The van der Waals surface area contributed by atoms with Crippen LogP contribution < -0.4 is 15.4 Å². The van der Waals surface area contributed by atoms with Gasteiger partial charge in [0.25, 0.3) is 5.91 Å². The van der Waals surface area contributed by atoms with Gasteiger partial charge in [-0.2, -0.15) is 0 Å². The van der Waals surface area contributed by atoms with Crippen LogP contribution in [0.2, 0.25) is 0 Å². The zero-order valence-electron chi connectivity index (χ0n) is 13.5. The van der Waals surface area contributed by atoms with E-state index in [-0.39, 0.29) is 36.9 Å². The van der Waals surface area contributed by atoms with Gasteiger partial charge in [-0.1, -0.05) is 6.07 Å². The second-order valence-electron chi connectivity index (χ2n) is 5.65. The summed E-state index contributed by atoms with van der Waals surface area (Å²) < 4.78 is 5.43. The van der Waals surface area contributed by atoms with Crippen molar-refractivity contribution in [1.82, 2.24) is 10.2 Å². The number of likely N-dealkylation sites (N-methyl/N-ethyl adjacent to an activating group) is 1. The Balaban J connectivity index is 0.00000264. The Labute approximate surface area is 143 Å². The molecule has 23 heavy (non-hydrogen) atoms. The molecule has 7 heteroatoms. The summed E-state index contributed by atoms with van der Waals surface area (Å²) in [4.78, 5) is 25.0. The number of halogens is 1. The predicted molar refractivity (Wildman–Crippen MR) is 92.2 cm³/mol. The molecule has 0 aliphatic carbocycles. The fourth-order valence-corrected chi connectivity index (χ4v) is 2.30. The number of nitrogens with one attached hydrogen (secondary N) is 2. The molecule has 1 fully saturated rings. The van der Waals surface area contributed by atoms with Crippen molar-refractivity contribution in [2.75, 3.05) is 32.6 Å². The Morgan fingerprint density at radius 3 is 2.83 bits per heavy atom. The third-order valence-corrected chi connectivity index (χ3v) is 3.57. The van der Waals surface area contributed by atoms with E-state index in [4.69, 9.17) is 4.74 Å². The summed E-state index contributed by atoms with van der Waals surface area (Å²) in [6.07, 6.45) is 2.65. The molecule has 2 rings (SSSR count). The summed E-state index contributed by atoms with van der Waals surface area (Å²) in [6.45, 7) is 0.970. The highest BCUT2D eigenvalue weighted by atomic mass is 35.5. The maximum atomic E-state index is 12.0. The van der Waals surface area contributed by atoms with Gasteiger partial charge < -0.3 is 20.3 Å². The highest BCUT2D eigenvalue weighted by Gasteiger charge is 2.17. The van der Waals surface area contributed by atoms with Crippen LogP contribution in [0.4, 0.5) is 5.69 Å². The molecular formula is C16H24ClN3O3. The van der Waals surface area contributed by atoms with E-state index in [0.717, 1.165) is 19.4 Å². The van der Waals surface area contributed by atoms with Crippen molar-refractivity contribution in [2.45, 2.75) is 25.3 Å². The van der Waals surface area contributed by atoms with Crippen LogP contribution in [0.15, 0.2) is 24.3 Å². The molecule has 6 nitrogen and oxygen atoms in total. The summed E-state index contributed by atoms with van der Waals surface area (Å²) in [5.41, 5.74) is 0.679. The number of ether oxygens (including phenoxy) is 1. The van der Waals surface area contributed by atoms with Gasteiger partial charge in [0.05, 0.1) is 0 Å². The molecule has 1 atom stereocenters. The smallest absolute Gasteiger partial charge is 0.259 e. The monoisotopic (exact) mass is 341 g/mol. The molecular weight excluding hydrogens is 318 g/mol. The molecule has 1 aromatic rings. The minimum absolute atomic E-state index is 0. The van der Waals surface area contributed by atoms with Crippen LogP contribution in [0, 0.1) is 0 Å². The lowest BCUT2D eigenvalue weighted by Crippen LogP contribution is -2.28. The molecule has 2 amide bonds. The molecule has 1 heterocycles. The van der Waals surface area contributed by atoms with Gasteiger partial charge in [-0.05, 0) is 31.5 Å². The van der Waals surface area contributed by atoms with Crippen molar-refractivity contribution in [2.24, 2.45) is 0 Å². The van der Waals surface area contributed by atoms with Crippen LogP contribution in [-0.4, -0.2) is 50.0 Å². The van der Waals surface area contributed by atoms with Crippen molar-refractivity contribution in [3.63, 3.8) is 0 Å². The largest absolute Gasteiger partial charge is 0.484 e. The fourth-order valence-electron chi connectivity index (χ4n) is 2.30. The van der Waals surface area contributed by atoms with Crippen LogP contribution >= 0.6 is 12.4 Å². The first-order valence-electron chi connectivity index (χ1n) is 7.51. The second kappa shape index (κ2) is 9.37. The van der Waals surface area contributed by atoms with Crippen molar-refractivity contribution >= 4 is 29.9 Å². The van der Waals surface area contributed by atoms with Crippen LogP contribution in [0.5, 0.6) is 5.75 Å². The highest BCUT2D eigenvalue weighted by molar-refractivity contribution is 5.91. The van der Waals surface area contributed by atoms with Crippen LogP contribution in [-0.2, 0) is 9.59 Å². The van der Waals surface area contributed by atoms with E-state index in [1.165, 1.54) is 4.90 Å². The summed E-state index contributed by atoms with van der Waals surface area (Å²) >= 11 is 0. The molecule has 1 saturated heterocycles. The summed E-state index contributed by atoms with van der Waals surface area (Å²) in [7, 11) is 3.36. The molecule has 2 N–H and O–H groups in total. The number of benzene rings is 1.